The van der Waals surface area contributed by atoms with E-state index in [4.69, 9.17) is 37.6 Å². The molecule has 0 atom stereocenters. The number of unbranched alkanes of at least 4 members (excludes halogenated alkanes) is 1. The van der Waals surface area contributed by atoms with Crippen LogP contribution in [0.1, 0.15) is 53.0 Å². The molecule has 0 saturated carbocycles. The maximum Gasteiger partial charge on any atom is 0.205 e. The molecular weight excluding hydrogens is 496 g/mol. The molecule has 10 nitrogen and oxygen atoms in total. The second-order valence-electron chi connectivity index (χ2n) is 8.63. The highest BCUT2D eigenvalue weighted by molar-refractivity contribution is 6.08. The van der Waals surface area contributed by atoms with Gasteiger partial charge in [0.2, 0.25) is 11.5 Å². The SMILES string of the molecule is COc1c2c(c(OC)c(C(C)=O)c1OCCCCOc1c(C(C)=O)c(OC)c3ccoc3c1OC)CCO2. The van der Waals surface area contributed by atoms with Crippen LogP contribution in [0.25, 0.3) is 11.0 Å². The molecule has 38 heavy (non-hydrogen) atoms. The Bertz CT molecular complexity index is 1350. The zero-order valence-corrected chi connectivity index (χ0v) is 22.5. The number of ether oxygens (including phenoxy) is 7. The van der Waals surface area contributed by atoms with Crippen molar-refractivity contribution in [2.24, 2.45) is 0 Å². The lowest BCUT2D eigenvalue weighted by atomic mass is 10.0. The minimum atomic E-state index is -0.224. The fourth-order valence-electron chi connectivity index (χ4n) is 4.74. The van der Waals surface area contributed by atoms with E-state index >= 15 is 0 Å². The summed E-state index contributed by atoms with van der Waals surface area (Å²) in [5.41, 5.74) is 1.86. The second kappa shape index (κ2) is 11.5. The predicted octanol–water partition coefficient (Wildman–Crippen LogP) is 5.05. The fourth-order valence-corrected chi connectivity index (χ4v) is 4.74. The smallest absolute Gasteiger partial charge is 0.205 e. The predicted molar refractivity (Wildman–Crippen MR) is 138 cm³/mol. The molecule has 2 aromatic carbocycles. The molecule has 0 saturated heterocycles. The van der Waals surface area contributed by atoms with E-state index < -0.39 is 0 Å². The molecule has 1 aromatic heterocycles. The van der Waals surface area contributed by atoms with Gasteiger partial charge in [-0.25, -0.2) is 0 Å². The van der Waals surface area contributed by atoms with Gasteiger partial charge in [0, 0.05) is 12.0 Å². The van der Waals surface area contributed by atoms with Crippen LogP contribution < -0.4 is 33.2 Å². The molecule has 0 fully saturated rings. The Morgan fingerprint density at radius 2 is 1.32 bits per heavy atom. The van der Waals surface area contributed by atoms with E-state index in [1.165, 1.54) is 48.5 Å². The Morgan fingerprint density at radius 1 is 0.763 bits per heavy atom. The van der Waals surface area contributed by atoms with Gasteiger partial charge in [-0.2, -0.15) is 0 Å². The molecule has 1 aliphatic rings. The number of furan rings is 1. The van der Waals surface area contributed by atoms with Gasteiger partial charge < -0.3 is 37.6 Å². The van der Waals surface area contributed by atoms with Crippen molar-refractivity contribution in [1.82, 2.24) is 0 Å². The molecule has 3 aromatic rings. The van der Waals surface area contributed by atoms with Crippen LogP contribution in [0, 0.1) is 0 Å². The fraction of sp³-hybridized carbons (Fsp3) is 0.429. The normalized spacial score (nSPS) is 12.1. The number of fused-ring (bicyclic) bond motifs is 2. The molecule has 0 N–H and O–H groups in total. The Kier molecular flexibility index (Phi) is 8.19. The Hall–Kier alpha value is -4.08. The Balaban J connectivity index is 1.50. The first-order valence-corrected chi connectivity index (χ1v) is 12.3. The number of rotatable bonds is 13. The summed E-state index contributed by atoms with van der Waals surface area (Å²) in [6.07, 6.45) is 3.28. The molecule has 204 valence electrons. The summed E-state index contributed by atoms with van der Waals surface area (Å²) in [5.74, 6) is 2.22. The summed E-state index contributed by atoms with van der Waals surface area (Å²) in [5, 5.41) is 0.624. The lowest BCUT2D eigenvalue weighted by Gasteiger charge is -2.20. The van der Waals surface area contributed by atoms with Crippen molar-refractivity contribution in [2.75, 3.05) is 48.3 Å². The number of hydrogen-bond donors (Lipinski definition) is 0. The summed E-state index contributed by atoms with van der Waals surface area (Å²) < 4.78 is 45.6. The third kappa shape index (κ3) is 4.66. The zero-order valence-electron chi connectivity index (χ0n) is 22.5. The largest absolute Gasteiger partial charge is 0.495 e. The van der Waals surface area contributed by atoms with E-state index in [1.807, 2.05) is 0 Å². The second-order valence-corrected chi connectivity index (χ2v) is 8.63. The highest BCUT2D eigenvalue weighted by Crippen LogP contribution is 2.51. The highest BCUT2D eigenvalue weighted by Gasteiger charge is 2.33. The monoisotopic (exact) mass is 528 g/mol. The number of benzene rings is 2. The van der Waals surface area contributed by atoms with Crippen molar-refractivity contribution in [3.63, 3.8) is 0 Å². The minimum absolute atomic E-state index is 0.195. The van der Waals surface area contributed by atoms with Crippen LogP contribution in [0.15, 0.2) is 16.7 Å². The first-order valence-electron chi connectivity index (χ1n) is 12.3. The third-order valence-corrected chi connectivity index (χ3v) is 6.34. The van der Waals surface area contributed by atoms with Gasteiger partial charge in [-0.3, -0.25) is 9.59 Å². The quantitative estimate of drug-likeness (QED) is 0.221. The molecule has 2 heterocycles. The average molecular weight is 529 g/mol. The van der Waals surface area contributed by atoms with Crippen molar-refractivity contribution in [3.8, 4) is 40.2 Å². The van der Waals surface area contributed by atoms with Gasteiger partial charge in [0.15, 0.2) is 34.4 Å². The highest BCUT2D eigenvalue weighted by atomic mass is 16.5. The van der Waals surface area contributed by atoms with Gasteiger partial charge >= 0.3 is 0 Å². The first-order chi connectivity index (χ1) is 18.4. The van der Waals surface area contributed by atoms with Crippen molar-refractivity contribution < 1.29 is 47.2 Å². The van der Waals surface area contributed by atoms with Crippen LogP contribution in [0.5, 0.6) is 40.2 Å². The van der Waals surface area contributed by atoms with Crippen LogP contribution >= 0.6 is 0 Å². The van der Waals surface area contributed by atoms with E-state index in [0.717, 1.165) is 5.56 Å². The summed E-state index contributed by atoms with van der Waals surface area (Å²) in [6.45, 7) is 3.92. The molecule has 10 heteroatoms. The Morgan fingerprint density at radius 3 is 1.87 bits per heavy atom. The van der Waals surface area contributed by atoms with Gasteiger partial charge in [-0.15, -0.1) is 0 Å². The van der Waals surface area contributed by atoms with E-state index in [9.17, 15) is 9.59 Å². The van der Waals surface area contributed by atoms with E-state index in [0.29, 0.717) is 76.9 Å². The molecule has 0 aliphatic carbocycles. The molecule has 0 amide bonds. The third-order valence-electron chi connectivity index (χ3n) is 6.34. The number of Topliss-reactive ketones (excluding diaryl/α,β-unsaturated/α-hetero) is 2. The van der Waals surface area contributed by atoms with Crippen molar-refractivity contribution in [1.29, 1.82) is 0 Å². The van der Waals surface area contributed by atoms with Gasteiger partial charge in [0.05, 0.1) is 59.9 Å². The summed E-state index contributed by atoms with van der Waals surface area (Å²) >= 11 is 0. The number of ketones is 2. The van der Waals surface area contributed by atoms with Gasteiger partial charge in [-0.05, 0) is 32.8 Å². The van der Waals surface area contributed by atoms with Crippen molar-refractivity contribution >= 4 is 22.5 Å². The van der Waals surface area contributed by atoms with E-state index in [-0.39, 0.29) is 36.1 Å². The summed E-state index contributed by atoms with van der Waals surface area (Å²) in [6, 6.07) is 1.72. The number of methoxy groups -OCH3 is 4. The summed E-state index contributed by atoms with van der Waals surface area (Å²) in [7, 11) is 6.01. The number of carbonyl (C=O) groups is 2. The lowest BCUT2D eigenvalue weighted by Crippen LogP contribution is -2.10. The van der Waals surface area contributed by atoms with Crippen LogP contribution in [0.4, 0.5) is 0 Å². The zero-order chi connectivity index (χ0) is 27.4. The van der Waals surface area contributed by atoms with Gasteiger partial charge in [-0.1, -0.05) is 0 Å². The van der Waals surface area contributed by atoms with Crippen LogP contribution in [0.2, 0.25) is 0 Å². The molecule has 0 unspecified atom stereocenters. The van der Waals surface area contributed by atoms with E-state index in [2.05, 4.69) is 0 Å². The van der Waals surface area contributed by atoms with Crippen molar-refractivity contribution in [3.05, 3.63) is 29.0 Å². The van der Waals surface area contributed by atoms with Gasteiger partial charge in [0.1, 0.15) is 22.6 Å². The Labute approximate surface area is 220 Å². The maximum absolute atomic E-state index is 12.5. The number of carbonyl (C=O) groups excluding carboxylic acids is 2. The molecule has 1 aliphatic heterocycles. The standard InChI is InChI=1S/C28H32O10/c1-15(29)19-21(31-3)17-9-13-37-23(17)27(33-5)25(19)35-11-7-8-12-36-26-20(16(2)30)22(32-4)18-10-14-38-24(18)28(26)34-6/h9,13H,7-8,10-12,14H2,1-6H3. The summed E-state index contributed by atoms with van der Waals surface area (Å²) in [4.78, 5) is 25.1. The topological polar surface area (TPSA) is 112 Å². The van der Waals surface area contributed by atoms with Gasteiger partial charge in [0.25, 0.3) is 0 Å². The molecule has 0 spiro atoms. The van der Waals surface area contributed by atoms with Crippen molar-refractivity contribution in [2.45, 2.75) is 33.1 Å². The molecule has 4 rings (SSSR count). The minimum Gasteiger partial charge on any atom is -0.495 e. The number of hydrogen-bond acceptors (Lipinski definition) is 10. The first kappa shape index (κ1) is 27.0. The van der Waals surface area contributed by atoms with Crippen LogP contribution in [0.3, 0.4) is 0 Å². The van der Waals surface area contributed by atoms with Crippen LogP contribution in [-0.2, 0) is 6.42 Å². The molecular formula is C28H32O10. The average Bonchev–Trinajstić information content (AvgIpc) is 3.58. The maximum atomic E-state index is 12.5. The van der Waals surface area contributed by atoms with E-state index in [1.54, 1.807) is 6.07 Å². The molecule has 0 radical (unpaired) electrons. The molecule has 0 bridgehead atoms. The van der Waals surface area contributed by atoms with Crippen LogP contribution in [-0.4, -0.2) is 59.8 Å². The lowest BCUT2D eigenvalue weighted by molar-refractivity contribution is 0.0995.